The molecule has 0 fully saturated rings. The molecule has 0 aliphatic heterocycles. The Morgan fingerprint density at radius 2 is 1.97 bits per heavy atom. The number of aryl methyl sites for hydroxylation is 1. The second-order valence-electron chi connectivity index (χ2n) is 8.85. The fourth-order valence-corrected chi connectivity index (χ4v) is 3.64. The number of aliphatic hydroxyl groups is 1. The first-order valence-corrected chi connectivity index (χ1v) is 9.85. The molecule has 1 aromatic heterocycles. The number of ether oxygens (including phenoxy) is 1. The van der Waals surface area contributed by atoms with Gasteiger partial charge in [0.25, 0.3) is 0 Å². The zero-order valence-corrected chi connectivity index (χ0v) is 17.8. The van der Waals surface area contributed by atoms with Crippen LogP contribution < -0.4 is 10.2 Å². The molecule has 7 nitrogen and oxygen atoms in total. The molecule has 1 atom stereocenters. The van der Waals surface area contributed by atoms with Gasteiger partial charge in [0.05, 0.1) is 12.1 Å². The van der Waals surface area contributed by atoms with Crippen molar-refractivity contribution in [3.05, 3.63) is 41.7 Å². The van der Waals surface area contributed by atoms with Crippen LogP contribution in [0.1, 0.15) is 38.3 Å². The highest BCUT2D eigenvalue weighted by Crippen LogP contribution is 2.35. The molecular formula is C22H30N4O3. The highest BCUT2D eigenvalue weighted by Gasteiger charge is 2.37. The van der Waals surface area contributed by atoms with Gasteiger partial charge in [-0.2, -0.15) is 0 Å². The summed E-state index contributed by atoms with van der Waals surface area (Å²) in [7, 11) is 3.80. The van der Waals surface area contributed by atoms with Crippen molar-refractivity contribution in [2.24, 2.45) is 0 Å². The van der Waals surface area contributed by atoms with Crippen LogP contribution in [0.5, 0.6) is 0 Å². The van der Waals surface area contributed by atoms with Crippen molar-refractivity contribution in [2.75, 3.05) is 25.6 Å². The molecule has 0 saturated carbocycles. The van der Waals surface area contributed by atoms with Crippen LogP contribution in [-0.4, -0.2) is 53.0 Å². The lowest BCUT2D eigenvalue weighted by atomic mass is 9.76. The fourth-order valence-electron chi connectivity index (χ4n) is 3.64. The zero-order chi connectivity index (χ0) is 21.2. The zero-order valence-electron chi connectivity index (χ0n) is 17.8. The standard InChI is InChI=1S/C22H30N4O3/c1-21(2,3)29-20(28)25-22(14-27)10-9-15-7-6-8-17(18(15)11-22)16-12-23-19(24-13-16)26(4)5/h6-8,12-13,27H,9-11,14H2,1-5H3,(H,25,28). The van der Waals surface area contributed by atoms with Gasteiger partial charge in [-0.15, -0.1) is 0 Å². The smallest absolute Gasteiger partial charge is 0.408 e. The molecule has 7 heteroatoms. The lowest BCUT2D eigenvalue weighted by Gasteiger charge is -2.38. The molecule has 1 aromatic carbocycles. The van der Waals surface area contributed by atoms with Gasteiger partial charge in [0, 0.05) is 32.1 Å². The third-order valence-corrected chi connectivity index (χ3v) is 5.08. The van der Waals surface area contributed by atoms with E-state index in [-0.39, 0.29) is 6.61 Å². The summed E-state index contributed by atoms with van der Waals surface area (Å²) in [5.74, 6) is 0.648. The lowest BCUT2D eigenvalue weighted by molar-refractivity contribution is 0.0379. The number of alkyl carbamates (subject to hydrolysis) is 1. The number of benzene rings is 1. The van der Waals surface area contributed by atoms with Crippen LogP contribution >= 0.6 is 0 Å². The lowest BCUT2D eigenvalue weighted by Crippen LogP contribution is -2.55. The third kappa shape index (κ3) is 4.85. The molecule has 0 spiro atoms. The Morgan fingerprint density at radius 1 is 1.28 bits per heavy atom. The topological polar surface area (TPSA) is 87.6 Å². The van der Waals surface area contributed by atoms with E-state index in [2.05, 4.69) is 21.4 Å². The van der Waals surface area contributed by atoms with Crippen LogP contribution in [0.25, 0.3) is 11.1 Å². The quantitative estimate of drug-likeness (QED) is 0.823. The summed E-state index contributed by atoms with van der Waals surface area (Å²) in [6.45, 7) is 5.31. The van der Waals surface area contributed by atoms with Crippen LogP contribution in [0.2, 0.25) is 0 Å². The second kappa shape index (κ2) is 7.99. The molecule has 0 radical (unpaired) electrons. The van der Waals surface area contributed by atoms with Gasteiger partial charge in [-0.1, -0.05) is 18.2 Å². The van der Waals surface area contributed by atoms with E-state index in [1.165, 1.54) is 5.56 Å². The molecule has 2 N–H and O–H groups in total. The van der Waals surface area contributed by atoms with E-state index in [1.54, 1.807) is 0 Å². The van der Waals surface area contributed by atoms with Gasteiger partial charge in [-0.3, -0.25) is 0 Å². The van der Waals surface area contributed by atoms with E-state index in [0.29, 0.717) is 18.8 Å². The number of fused-ring (bicyclic) bond motifs is 1. The van der Waals surface area contributed by atoms with Crippen molar-refractivity contribution >= 4 is 12.0 Å². The minimum Gasteiger partial charge on any atom is -0.444 e. The summed E-state index contributed by atoms with van der Waals surface area (Å²) in [6.07, 6.45) is 5.05. The molecule has 0 saturated heterocycles. The predicted octanol–water partition coefficient (Wildman–Crippen LogP) is 2.95. The first-order valence-electron chi connectivity index (χ1n) is 9.85. The van der Waals surface area contributed by atoms with Crippen molar-refractivity contribution < 1.29 is 14.6 Å². The van der Waals surface area contributed by atoms with Crippen LogP contribution in [-0.2, 0) is 17.6 Å². The maximum absolute atomic E-state index is 12.4. The molecule has 29 heavy (non-hydrogen) atoms. The number of nitrogens with zero attached hydrogens (tertiary/aromatic N) is 3. The molecule has 1 amide bonds. The van der Waals surface area contributed by atoms with Gasteiger partial charge in [0.2, 0.25) is 5.95 Å². The molecule has 1 unspecified atom stereocenters. The SMILES string of the molecule is CN(C)c1ncc(-c2cccc3c2CC(CO)(NC(=O)OC(C)(C)C)CC3)cn1. The van der Waals surface area contributed by atoms with Crippen LogP contribution in [0.4, 0.5) is 10.7 Å². The summed E-state index contributed by atoms with van der Waals surface area (Å²) >= 11 is 0. The Morgan fingerprint density at radius 3 is 2.55 bits per heavy atom. The fraction of sp³-hybridized carbons (Fsp3) is 0.500. The summed E-state index contributed by atoms with van der Waals surface area (Å²) in [4.78, 5) is 23.1. The number of hydrogen-bond donors (Lipinski definition) is 2. The molecule has 156 valence electrons. The average Bonchev–Trinajstić information content (AvgIpc) is 2.66. The van der Waals surface area contributed by atoms with Gasteiger partial charge in [0.15, 0.2) is 0 Å². The Kier molecular flexibility index (Phi) is 5.80. The molecule has 1 aliphatic rings. The summed E-state index contributed by atoms with van der Waals surface area (Å²) < 4.78 is 5.42. The Labute approximate surface area is 172 Å². The third-order valence-electron chi connectivity index (χ3n) is 5.08. The minimum atomic E-state index is -0.754. The van der Waals surface area contributed by atoms with Gasteiger partial charge >= 0.3 is 6.09 Å². The first-order chi connectivity index (χ1) is 13.6. The number of amides is 1. The summed E-state index contributed by atoms with van der Waals surface area (Å²) in [5, 5.41) is 13.1. The van der Waals surface area contributed by atoms with E-state index in [4.69, 9.17) is 4.74 Å². The molecule has 1 heterocycles. The number of rotatable bonds is 4. The molecule has 2 aromatic rings. The Bertz CT molecular complexity index is 875. The van der Waals surface area contributed by atoms with Crippen molar-refractivity contribution in [3.63, 3.8) is 0 Å². The van der Waals surface area contributed by atoms with Crippen molar-refractivity contribution in [3.8, 4) is 11.1 Å². The highest BCUT2D eigenvalue weighted by atomic mass is 16.6. The molecule has 1 aliphatic carbocycles. The second-order valence-corrected chi connectivity index (χ2v) is 8.85. The number of nitrogens with one attached hydrogen (secondary N) is 1. The number of hydrogen-bond acceptors (Lipinski definition) is 6. The normalized spacial score (nSPS) is 18.7. The number of anilines is 1. The van der Waals surface area contributed by atoms with Gasteiger partial charge in [-0.25, -0.2) is 14.8 Å². The first kappa shape index (κ1) is 21.0. The maximum atomic E-state index is 12.4. The van der Waals surface area contributed by atoms with Crippen molar-refractivity contribution in [2.45, 2.75) is 51.2 Å². The molecule has 0 bridgehead atoms. The van der Waals surface area contributed by atoms with Gasteiger partial charge in [0.1, 0.15) is 5.60 Å². The monoisotopic (exact) mass is 398 g/mol. The number of aromatic nitrogens is 2. The predicted molar refractivity (Wildman–Crippen MR) is 113 cm³/mol. The van der Waals surface area contributed by atoms with E-state index in [9.17, 15) is 9.90 Å². The summed E-state index contributed by atoms with van der Waals surface area (Å²) in [5.41, 5.74) is 2.91. The minimum absolute atomic E-state index is 0.157. The Hall–Kier alpha value is -2.67. The van der Waals surface area contributed by atoms with Crippen LogP contribution in [0.3, 0.4) is 0 Å². The van der Waals surface area contributed by atoms with E-state index in [0.717, 1.165) is 23.1 Å². The number of carbonyl (C=O) groups is 1. The number of aliphatic hydroxyl groups excluding tert-OH is 1. The van der Waals surface area contributed by atoms with Crippen molar-refractivity contribution in [1.82, 2.24) is 15.3 Å². The van der Waals surface area contributed by atoms with Crippen LogP contribution in [0.15, 0.2) is 30.6 Å². The van der Waals surface area contributed by atoms with Crippen LogP contribution in [0, 0.1) is 0 Å². The van der Waals surface area contributed by atoms with E-state index >= 15 is 0 Å². The Balaban J connectivity index is 1.91. The average molecular weight is 399 g/mol. The van der Waals surface area contributed by atoms with E-state index < -0.39 is 17.2 Å². The maximum Gasteiger partial charge on any atom is 0.408 e. The highest BCUT2D eigenvalue weighted by molar-refractivity contribution is 5.71. The van der Waals surface area contributed by atoms with Gasteiger partial charge < -0.3 is 20.1 Å². The summed E-state index contributed by atoms with van der Waals surface area (Å²) in [6, 6.07) is 6.16. The number of carbonyl (C=O) groups excluding carboxylic acids is 1. The molecule has 3 rings (SSSR count). The van der Waals surface area contributed by atoms with Crippen molar-refractivity contribution in [1.29, 1.82) is 0 Å². The van der Waals surface area contributed by atoms with Gasteiger partial charge in [-0.05, 0) is 56.7 Å². The van der Waals surface area contributed by atoms with E-state index in [1.807, 2.05) is 64.3 Å². The largest absolute Gasteiger partial charge is 0.444 e. The molecular weight excluding hydrogens is 368 g/mol.